The summed E-state index contributed by atoms with van der Waals surface area (Å²) in [6.45, 7) is 0.554. The van der Waals surface area contributed by atoms with Crippen LogP contribution in [0, 0.1) is 10.1 Å². The topological polar surface area (TPSA) is 65.3 Å². The van der Waals surface area contributed by atoms with E-state index >= 15 is 0 Å². The number of ether oxygens (including phenoxy) is 1. The fourth-order valence-electron chi connectivity index (χ4n) is 1.54. The minimum atomic E-state index is -0.431. The molecule has 0 amide bonds. The lowest BCUT2D eigenvalue weighted by molar-refractivity contribution is -0.384. The highest BCUT2D eigenvalue weighted by Crippen LogP contribution is 2.19. The Morgan fingerprint density at radius 2 is 2.00 bits per heavy atom. The van der Waals surface area contributed by atoms with Crippen LogP contribution >= 0.6 is 23.4 Å². The Labute approximate surface area is 131 Å². The van der Waals surface area contributed by atoms with E-state index < -0.39 is 4.92 Å². The Morgan fingerprint density at radius 1 is 1.24 bits per heavy atom. The summed E-state index contributed by atoms with van der Waals surface area (Å²) in [6, 6.07) is 9.76. The molecule has 0 aliphatic carbocycles. The third kappa shape index (κ3) is 5.24. The molecule has 110 valence electrons. The number of nitrogens with zero attached hydrogens (tertiary/aromatic N) is 2. The number of non-ortho nitro benzene ring substituents is 1. The van der Waals surface area contributed by atoms with Crippen molar-refractivity contribution < 1.29 is 9.66 Å². The first kappa shape index (κ1) is 15.6. The molecule has 0 aliphatic rings. The molecule has 1 heterocycles. The van der Waals surface area contributed by atoms with Crippen molar-refractivity contribution in [3.05, 3.63) is 57.7 Å². The molecule has 0 fully saturated rings. The van der Waals surface area contributed by atoms with Gasteiger partial charge in [0.2, 0.25) is 0 Å². The summed E-state index contributed by atoms with van der Waals surface area (Å²) in [4.78, 5) is 14.3. The van der Waals surface area contributed by atoms with Crippen LogP contribution in [-0.2, 0) is 0 Å². The van der Waals surface area contributed by atoms with E-state index in [1.807, 2.05) is 12.1 Å². The highest BCUT2D eigenvalue weighted by atomic mass is 35.5. The molecule has 21 heavy (non-hydrogen) atoms. The number of halogens is 1. The summed E-state index contributed by atoms with van der Waals surface area (Å²) in [5.74, 6) is 1.51. The lowest BCUT2D eigenvalue weighted by atomic mass is 10.3. The second kappa shape index (κ2) is 7.85. The van der Waals surface area contributed by atoms with Crippen LogP contribution in [0.2, 0.25) is 5.02 Å². The zero-order valence-corrected chi connectivity index (χ0v) is 12.6. The van der Waals surface area contributed by atoms with Gasteiger partial charge in [-0.15, -0.1) is 11.8 Å². The normalized spacial score (nSPS) is 10.3. The standard InChI is InChI=1S/C14H13ClN2O3S/c15-11-2-7-14(16-10-11)21-9-1-8-20-13-5-3-12(4-6-13)17(18)19/h2-7,10H,1,8-9H2. The average molecular weight is 325 g/mol. The number of nitro groups is 1. The lowest BCUT2D eigenvalue weighted by Gasteiger charge is -2.05. The summed E-state index contributed by atoms with van der Waals surface area (Å²) < 4.78 is 5.52. The first-order chi connectivity index (χ1) is 10.1. The van der Waals surface area contributed by atoms with Gasteiger partial charge in [0.05, 0.1) is 21.6 Å². The van der Waals surface area contributed by atoms with Crippen LogP contribution in [0.25, 0.3) is 0 Å². The van der Waals surface area contributed by atoms with Crippen molar-refractivity contribution in [2.75, 3.05) is 12.4 Å². The zero-order chi connectivity index (χ0) is 15.1. The number of benzene rings is 1. The summed E-state index contributed by atoms with van der Waals surface area (Å²) in [7, 11) is 0. The average Bonchev–Trinajstić information content (AvgIpc) is 2.49. The van der Waals surface area contributed by atoms with Gasteiger partial charge in [0.25, 0.3) is 5.69 Å². The summed E-state index contributed by atoms with van der Waals surface area (Å²) in [5, 5.41) is 12.1. The molecule has 0 N–H and O–H groups in total. The number of pyridine rings is 1. The van der Waals surface area contributed by atoms with Gasteiger partial charge in [-0.1, -0.05) is 11.6 Å². The molecule has 2 aromatic rings. The summed E-state index contributed by atoms with van der Waals surface area (Å²) >= 11 is 7.39. The Bertz CT molecular complexity index is 590. The van der Waals surface area contributed by atoms with E-state index in [1.165, 1.54) is 12.1 Å². The number of nitro benzene ring substituents is 1. The molecular formula is C14H13ClN2O3S. The van der Waals surface area contributed by atoms with Gasteiger partial charge in [-0.25, -0.2) is 4.98 Å². The van der Waals surface area contributed by atoms with Gasteiger partial charge in [-0.05, 0) is 30.7 Å². The van der Waals surface area contributed by atoms with Crippen LogP contribution < -0.4 is 4.74 Å². The molecule has 7 heteroatoms. The minimum absolute atomic E-state index is 0.0618. The Morgan fingerprint density at radius 3 is 2.62 bits per heavy atom. The summed E-state index contributed by atoms with van der Waals surface area (Å²) in [6.07, 6.45) is 2.48. The van der Waals surface area contributed by atoms with E-state index in [0.717, 1.165) is 17.2 Å². The van der Waals surface area contributed by atoms with Gasteiger partial charge in [0.1, 0.15) is 5.75 Å². The number of thioether (sulfide) groups is 1. The SMILES string of the molecule is O=[N+]([O-])c1ccc(OCCCSc2ccc(Cl)cn2)cc1. The molecular weight excluding hydrogens is 312 g/mol. The molecule has 0 saturated carbocycles. The summed E-state index contributed by atoms with van der Waals surface area (Å²) in [5.41, 5.74) is 0.0618. The molecule has 2 rings (SSSR count). The number of rotatable bonds is 7. The Hall–Kier alpha value is -1.79. The van der Waals surface area contributed by atoms with Crippen molar-refractivity contribution in [3.8, 4) is 5.75 Å². The largest absolute Gasteiger partial charge is 0.494 e. The third-order valence-electron chi connectivity index (χ3n) is 2.56. The highest BCUT2D eigenvalue weighted by Gasteiger charge is 2.04. The van der Waals surface area contributed by atoms with Crippen molar-refractivity contribution >= 4 is 29.1 Å². The van der Waals surface area contributed by atoms with Crippen LogP contribution in [0.15, 0.2) is 47.6 Å². The number of aromatic nitrogens is 1. The van der Waals surface area contributed by atoms with Gasteiger partial charge < -0.3 is 4.74 Å². The second-order valence-electron chi connectivity index (χ2n) is 4.12. The molecule has 0 saturated heterocycles. The van der Waals surface area contributed by atoms with Crippen molar-refractivity contribution in [2.45, 2.75) is 11.4 Å². The minimum Gasteiger partial charge on any atom is -0.494 e. The van der Waals surface area contributed by atoms with Gasteiger partial charge >= 0.3 is 0 Å². The van der Waals surface area contributed by atoms with Gasteiger partial charge in [0.15, 0.2) is 0 Å². The first-order valence-corrected chi connectivity index (χ1v) is 7.63. The quantitative estimate of drug-likeness (QED) is 0.330. The highest BCUT2D eigenvalue weighted by molar-refractivity contribution is 7.99. The van der Waals surface area contributed by atoms with Gasteiger partial charge in [-0.2, -0.15) is 0 Å². The molecule has 0 atom stereocenters. The molecule has 0 radical (unpaired) electrons. The maximum absolute atomic E-state index is 10.5. The maximum atomic E-state index is 10.5. The van der Waals surface area contributed by atoms with Crippen LogP contribution in [0.5, 0.6) is 5.75 Å². The van der Waals surface area contributed by atoms with Crippen molar-refractivity contribution in [3.63, 3.8) is 0 Å². The molecule has 0 bridgehead atoms. The predicted octanol–water partition coefficient (Wildman–Crippen LogP) is 4.20. The lowest BCUT2D eigenvalue weighted by Crippen LogP contribution is -1.99. The molecule has 1 aromatic carbocycles. The molecule has 5 nitrogen and oxygen atoms in total. The van der Waals surface area contributed by atoms with E-state index in [9.17, 15) is 10.1 Å². The molecule has 1 aromatic heterocycles. The first-order valence-electron chi connectivity index (χ1n) is 6.27. The molecule has 0 spiro atoms. The van der Waals surface area contributed by atoms with Crippen molar-refractivity contribution in [2.24, 2.45) is 0 Å². The van der Waals surface area contributed by atoms with Crippen LogP contribution in [0.1, 0.15) is 6.42 Å². The smallest absolute Gasteiger partial charge is 0.269 e. The van der Waals surface area contributed by atoms with Crippen LogP contribution in [0.4, 0.5) is 5.69 Å². The van der Waals surface area contributed by atoms with E-state index in [2.05, 4.69) is 4.98 Å². The van der Waals surface area contributed by atoms with Gasteiger partial charge in [0, 0.05) is 24.1 Å². The fourth-order valence-corrected chi connectivity index (χ4v) is 2.41. The van der Waals surface area contributed by atoms with Gasteiger partial charge in [-0.3, -0.25) is 10.1 Å². The predicted molar refractivity (Wildman–Crippen MR) is 83.2 cm³/mol. The van der Waals surface area contributed by atoms with E-state index in [-0.39, 0.29) is 5.69 Å². The van der Waals surface area contributed by atoms with Crippen LogP contribution in [-0.4, -0.2) is 22.3 Å². The van der Waals surface area contributed by atoms with E-state index in [1.54, 1.807) is 30.1 Å². The Balaban J connectivity index is 1.67. The van der Waals surface area contributed by atoms with Crippen molar-refractivity contribution in [1.82, 2.24) is 4.98 Å². The number of hydrogen-bond donors (Lipinski definition) is 0. The maximum Gasteiger partial charge on any atom is 0.269 e. The molecule has 0 aliphatic heterocycles. The van der Waals surface area contributed by atoms with E-state index in [0.29, 0.717) is 17.4 Å². The van der Waals surface area contributed by atoms with Crippen molar-refractivity contribution in [1.29, 1.82) is 0 Å². The third-order valence-corrected chi connectivity index (χ3v) is 3.81. The fraction of sp³-hybridized carbons (Fsp3) is 0.214. The monoisotopic (exact) mass is 324 g/mol. The molecule has 0 unspecified atom stereocenters. The Kier molecular flexibility index (Phi) is 5.83. The number of hydrogen-bond acceptors (Lipinski definition) is 5. The van der Waals surface area contributed by atoms with Crippen LogP contribution in [0.3, 0.4) is 0 Å². The van der Waals surface area contributed by atoms with E-state index in [4.69, 9.17) is 16.3 Å². The second-order valence-corrected chi connectivity index (χ2v) is 5.67. The zero-order valence-electron chi connectivity index (χ0n) is 11.1.